The fourth-order valence-corrected chi connectivity index (χ4v) is 1.64. The molecule has 2 nitrogen and oxygen atoms in total. The summed E-state index contributed by atoms with van der Waals surface area (Å²) in [6.07, 6.45) is 1.44. The highest BCUT2D eigenvalue weighted by Gasteiger charge is 2.29. The van der Waals surface area contributed by atoms with Gasteiger partial charge in [0.05, 0.1) is 0 Å². The normalized spacial score (nSPS) is 11.8. The molecule has 0 spiro atoms. The number of nitrogens with zero attached hydrogens (tertiary/aromatic N) is 1. The molecule has 1 aromatic heterocycles. The zero-order valence-electron chi connectivity index (χ0n) is 8.29. The molecule has 0 radical (unpaired) electrons. The highest BCUT2D eigenvalue weighted by molar-refractivity contribution is 8.00. The number of halogens is 3. The van der Waals surface area contributed by atoms with Crippen molar-refractivity contribution in [1.82, 2.24) is 10.3 Å². The first-order valence-electron chi connectivity index (χ1n) is 4.53. The van der Waals surface area contributed by atoms with Gasteiger partial charge < -0.3 is 5.32 Å². The fourth-order valence-electron chi connectivity index (χ4n) is 1.01. The van der Waals surface area contributed by atoms with Crippen LogP contribution in [0.4, 0.5) is 13.2 Å². The summed E-state index contributed by atoms with van der Waals surface area (Å²) in [5.41, 5.74) is -3.42. The van der Waals surface area contributed by atoms with Gasteiger partial charge in [-0.1, -0.05) is 6.07 Å². The second kappa shape index (κ2) is 6.36. The van der Waals surface area contributed by atoms with E-state index in [1.807, 2.05) is 0 Å². The minimum absolute atomic E-state index is 0.0366. The summed E-state index contributed by atoms with van der Waals surface area (Å²) in [7, 11) is 0. The van der Waals surface area contributed by atoms with E-state index in [9.17, 15) is 13.2 Å². The van der Waals surface area contributed by atoms with Crippen LogP contribution in [0.15, 0.2) is 23.4 Å². The molecular weight excluding hydrogens is 257 g/mol. The third kappa shape index (κ3) is 5.62. The van der Waals surface area contributed by atoms with Crippen molar-refractivity contribution in [2.24, 2.45) is 0 Å². The second-order valence-electron chi connectivity index (χ2n) is 2.95. The quantitative estimate of drug-likeness (QED) is 0.488. The van der Waals surface area contributed by atoms with Crippen LogP contribution in [0, 0.1) is 0 Å². The first kappa shape index (κ1) is 13.7. The van der Waals surface area contributed by atoms with Crippen molar-refractivity contribution in [3.63, 3.8) is 0 Å². The zero-order chi connectivity index (χ0) is 12.0. The van der Waals surface area contributed by atoms with Crippen LogP contribution in [0.1, 0.15) is 5.56 Å². The molecule has 0 amide bonds. The molecule has 0 aliphatic carbocycles. The Bertz CT molecular complexity index is 314. The van der Waals surface area contributed by atoms with Crippen LogP contribution in [-0.4, -0.2) is 22.8 Å². The van der Waals surface area contributed by atoms with E-state index in [1.54, 1.807) is 6.07 Å². The maximum absolute atomic E-state index is 12.0. The number of hydrogen-bond acceptors (Lipinski definition) is 4. The third-order valence-electron chi connectivity index (χ3n) is 1.64. The summed E-state index contributed by atoms with van der Waals surface area (Å²) in [4.78, 5) is 3.73. The van der Waals surface area contributed by atoms with E-state index in [1.165, 1.54) is 12.3 Å². The molecule has 0 aromatic carbocycles. The van der Waals surface area contributed by atoms with Gasteiger partial charge in [0.2, 0.25) is 0 Å². The molecule has 0 fully saturated rings. The monoisotopic (exact) mass is 268 g/mol. The van der Waals surface area contributed by atoms with E-state index < -0.39 is 5.51 Å². The summed E-state index contributed by atoms with van der Waals surface area (Å²) in [6, 6.07) is 3.00. The van der Waals surface area contributed by atoms with Crippen molar-refractivity contribution >= 4 is 24.4 Å². The van der Waals surface area contributed by atoms with Crippen molar-refractivity contribution < 1.29 is 13.2 Å². The molecule has 0 aliphatic heterocycles. The Morgan fingerprint density at radius 1 is 1.38 bits per heavy atom. The lowest BCUT2D eigenvalue weighted by Gasteiger charge is -2.06. The van der Waals surface area contributed by atoms with Gasteiger partial charge in [-0.2, -0.15) is 25.8 Å². The summed E-state index contributed by atoms with van der Waals surface area (Å²) < 4.78 is 36.0. The van der Waals surface area contributed by atoms with Gasteiger partial charge in [-0.15, -0.1) is 0 Å². The van der Waals surface area contributed by atoms with Crippen LogP contribution in [0.25, 0.3) is 0 Å². The van der Waals surface area contributed by atoms with Gasteiger partial charge in [-0.3, -0.25) is 0 Å². The first-order chi connectivity index (χ1) is 7.51. The minimum Gasteiger partial charge on any atom is -0.312 e. The number of nitrogens with one attached hydrogen (secondary N) is 1. The van der Waals surface area contributed by atoms with Gasteiger partial charge in [0.1, 0.15) is 5.03 Å². The van der Waals surface area contributed by atoms with Gasteiger partial charge in [0.25, 0.3) is 0 Å². The SMILES string of the molecule is FC(F)(F)Sc1ccc(CNCCS)cn1. The van der Waals surface area contributed by atoms with Gasteiger partial charge in [-0.05, 0) is 11.6 Å². The molecule has 1 heterocycles. The summed E-state index contributed by atoms with van der Waals surface area (Å²) in [5.74, 6) is 0.718. The summed E-state index contributed by atoms with van der Waals surface area (Å²) in [6.45, 7) is 1.34. The number of thiol groups is 1. The predicted molar refractivity (Wildman–Crippen MR) is 61.7 cm³/mol. The number of pyridine rings is 1. The average Bonchev–Trinajstić information content (AvgIpc) is 2.19. The Hall–Kier alpha value is -0.400. The smallest absolute Gasteiger partial charge is 0.312 e. The lowest BCUT2D eigenvalue weighted by Crippen LogP contribution is -2.15. The molecule has 0 aliphatic rings. The van der Waals surface area contributed by atoms with Gasteiger partial charge in [0, 0.05) is 36.8 Å². The van der Waals surface area contributed by atoms with Crippen LogP contribution < -0.4 is 5.32 Å². The number of rotatable bonds is 5. The number of hydrogen-bond donors (Lipinski definition) is 2. The maximum atomic E-state index is 12.0. The molecule has 90 valence electrons. The van der Waals surface area contributed by atoms with E-state index in [0.717, 1.165) is 17.9 Å². The minimum atomic E-state index is -4.28. The standard InChI is InChI=1S/C9H11F3N2S2/c10-9(11,12)16-8-2-1-7(6-14-8)5-13-3-4-15/h1-2,6,13,15H,3-5H2. The number of aromatic nitrogens is 1. The topological polar surface area (TPSA) is 24.9 Å². The van der Waals surface area contributed by atoms with Crippen LogP contribution >= 0.6 is 24.4 Å². The Kier molecular flexibility index (Phi) is 5.43. The lowest BCUT2D eigenvalue weighted by atomic mass is 10.3. The van der Waals surface area contributed by atoms with E-state index in [0.29, 0.717) is 6.54 Å². The molecule has 1 N–H and O–H groups in total. The van der Waals surface area contributed by atoms with Crippen molar-refractivity contribution in [3.05, 3.63) is 23.9 Å². The molecule has 0 saturated heterocycles. The molecule has 0 bridgehead atoms. The van der Waals surface area contributed by atoms with E-state index >= 15 is 0 Å². The summed E-state index contributed by atoms with van der Waals surface area (Å²) in [5, 5.41) is 3.04. The van der Waals surface area contributed by atoms with Crippen LogP contribution in [0.2, 0.25) is 0 Å². The van der Waals surface area contributed by atoms with E-state index in [2.05, 4.69) is 22.9 Å². The molecular formula is C9H11F3N2S2. The molecule has 1 rings (SSSR count). The summed E-state index contributed by atoms with van der Waals surface area (Å²) >= 11 is 3.82. The number of alkyl halides is 3. The Balaban J connectivity index is 2.48. The highest BCUT2D eigenvalue weighted by atomic mass is 32.2. The Morgan fingerprint density at radius 3 is 2.62 bits per heavy atom. The molecule has 0 unspecified atom stereocenters. The molecule has 1 aromatic rings. The lowest BCUT2D eigenvalue weighted by molar-refractivity contribution is -0.0329. The first-order valence-corrected chi connectivity index (χ1v) is 5.98. The largest absolute Gasteiger partial charge is 0.447 e. The highest BCUT2D eigenvalue weighted by Crippen LogP contribution is 2.35. The van der Waals surface area contributed by atoms with Crippen LogP contribution in [0.5, 0.6) is 0 Å². The zero-order valence-corrected chi connectivity index (χ0v) is 10.0. The average molecular weight is 268 g/mol. The van der Waals surface area contributed by atoms with Crippen molar-refractivity contribution in [2.45, 2.75) is 17.1 Å². The fraction of sp³-hybridized carbons (Fsp3) is 0.444. The molecule has 7 heteroatoms. The third-order valence-corrected chi connectivity index (χ3v) is 2.54. The van der Waals surface area contributed by atoms with Crippen molar-refractivity contribution in [3.8, 4) is 0 Å². The van der Waals surface area contributed by atoms with Crippen molar-refractivity contribution in [1.29, 1.82) is 0 Å². The molecule has 16 heavy (non-hydrogen) atoms. The molecule has 0 saturated carbocycles. The van der Waals surface area contributed by atoms with Crippen LogP contribution in [0.3, 0.4) is 0 Å². The van der Waals surface area contributed by atoms with E-state index in [-0.39, 0.29) is 16.8 Å². The molecule has 0 atom stereocenters. The second-order valence-corrected chi connectivity index (χ2v) is 4.49. The van der Waals surface area contributed by atoms with Gasteiger partial charge >= 0.3 is 5.51 Å². The van der Waals surface area contributed by atoms with Crippen LogP contribution in [-0.2, 0) is 6.54 Å². The van der Waals surface area contributed by atoms with E-state index in [4.69, 9.17) is 0 Å². The predicted octanol–water partition coefficient (Wildman–Crippen LogP) is 2.71. The van der Waals surface area contributed by atoms with Gasteiger partial charge in [0.15, 0.2) is 0 Å². The maximum Gasteiger partial charge on any atom is 0.447 e. The van der Waals surface area contributed by atoms with Gasteiger partial charge in [-0.25, -0.2) is 4.98 Å². The Morgan fingerprint density at radius 2 is 2.12 bits per heavy atom. The number of thioether (sulfide) groups is 1. The van der Waals surface area contributed by atoms with Crippen molar-refractivity contribution in [2.75, 3.05) is 12.3 Å². The Labute approximate surface area is 101 Å².